The molecular formula is C30H43NO6. The summed E-state index contributed by atoms with van der Waals surface area (Å²) in [6.07, 6.45) is 5.10. The highest BCUT2D eigenvalue weighted by molar-refractivity contribution is 5.75. The maximum Gasteiger partial charge on any atom is 0.410 e. The minimum absolute atomic E-state index is 0.253. The van der Waals surface area contributed by atoms with E-state index in [2.05, 4.69) is 6.92 Å². The highest BCUT2D eigenvalue weighted by atomic mass is 16.6. The molecule has 2 aromatic rings. The SMILES string of the molecule is CCCCCCCN(CCOc1ccc(C[C@@H](OCC)C(=O)OCC)cc1)C(=O)OCc1ccccc1. The molecule has 0 saturated carbocycles. The molecule has 2 rings (SSSR count). The number of carbonyl (C=O) groups is 2. The number of esters is 1. The summed E-state index contributed by atoms with van der Waals surface area (Å²) in [6.45, 7) is 8.29. The fourth-order valence-electron chi connectivity index (χ4n) is 3.87. The minimum Gasteiger partial charge on any atom is -0.492 e. The second-order valence-corrected chi connectivity index (χ2v) is 8.83. The van der Waals surface area contributed by atoms with E-state index in [0.717, 1.165) is 24.0 Å². The summed E-state index contributed by atoms with van der Waals surface area (Å²) >= 11 is 0. The Morgan fingerprint density at radius 2 is 1.51 bits per heavy atom. The molecule has 204 valence electrons. The average Bonchev–Trinajstić information content (AvgIpc) is 2.92. The molecule has 2 aromatic carbocycles. The van der Waals surface area contributed by atoms with Crippen molar-refractivity contribution in [1.29, 1.82) is 0 Å². The van der Waals surface area contributed by atoms with Gasteiger partial charge in [-0.1, -0.05) is 75.1 Å². The second-order valence-electron chi connectivity index (χ2n) is 8.83. The van der Waals surface area contributed by atoms with Crippen LogP contribution in [0, 0.1) is 0 Å². The van der Waals surface area contributed by atoms with Crippen LogP contribution in [0.4, 0.5) is 4.79 Å². The largest absolute Gasteiger partial charge is 0.492 e. The summed E-state index contributed by atoms with van der Waals surface area (Å²) in [5, 5.41) is 0. The lowest BCUT2D eigenvalue weighted by molar-refractivity contribution is -0.156. The predicted octanol–water partition coefficient (Wildman–Crippen LogP) is 6.19. The van der Waals surface area contributed by atoms with Crippen molar-refractivity contribution < 1.29 is 28.5 Å². The molecule has 0 spiro atoms. The number of ether oxygens (including phenoxy) is 4. The number of amides is 1. The van der Waals surface area contributed by atoms with Gasteiger partial charge in [0, 0.05) is 19.6 Å². The Morgan fingerprint density at radius 3 is 2.19 bits per heavy atom. The Labute approximate surface area is 222 Å². The maximum atomic E-state index is 12.8. The van der Waals surface area contributed by atoms with Gasteiger partial charge in [0.25, 0.3) is 0 Å². The Morgan fingerprint density at radius 1 is 0.784 bits per heavy atom. The van der Waals surface area contributed by atoms with Gasteiger partial charge in [-0.3, -0.25) is 0 Å². The number of carbonyl (C=O) groups excluding carboxylic acids is 2. The molecule has 0 saturated heterocycles. The number of hydrogen-bond donors (Lipinski definition) is 0. The normalized spacial score (nSPS) is 11.5. The van der Waals surface area contributed by atoms with Crippen LogP contribution in [-0.2, 0) is 32.0 Å². The van der Waals surface area contributed by atoms with Gasteiger partial charge in [-0.2, -0.15) is 0 Å². The molecule has 0 radical (unpaired) electrons. The summed E-state index contributed by atoms with van der Waals surface area (Å²) in [5.74, 6) is 0.354. The Balaban J connectivity index is 1.86. The van der Waals surface area contributed by atoms with Crippen LogP contribution >= 0.6 is 0 Å². The molecular weight excluding hydrogens is 470 g/mol. The van der Waals surface area contributed by atoms with Gasteiger partial charge in [-0.25, -0.2) is 9.59 Å². The van der Waals surface area contributed by atoms with E-state index in [1.807, 2.05) is 61.5 Å². The lowest BCUT2D eigenvalue weighted by atomic mass is 10.1. The van der Waals surface area contributed by atoms with E-state index < -0.39 is 6.10 Å². The van der Waals surface area contributed by atoms with Gasteiger partial charge in [0.05, 0.1) is 13.2 Å². The minimum atomic E-state index is -0.621. The van der Waals surface area contributed by atoms with E-state index in [4.69, 9.17) is 18.9 Å². The first-order valence-corrected chi connectivity index (χ1v) is 13.5. The van der Waals surface area contributed by atoms with Crippen LogP contribution in [0.5, 0.6) is 5.75 Å². The third-order valence-electron chi connectivity index (χ3n) is 5.89. The summed E-state index contributed by atoms with van der Waals surface area (Å²) in [4.78, 5) is 26.6. The number of nitrogens with zero attached hydrogens (tertiary/aromatic N) is 1. The van der Waals surface area contributed by atoms with Crippen LogP contribution < -0.4 is 4.74 Å². The third kappa shape index (κ3) is 12.2. The van der Waals surface area contributed by atoms with E-state index in [-0.39, 0.29) is 18.7 Å². The smallest absolute Gasteiger partial charge is 0.410 e. The number of benzene rings is 2. The first-order valence-electron chi connectivity index (χ1n) is 13.5. The van der Waals surface area contributed by atoms with Gasteiger partial charge in [0.15, 0.2) is 6.10 Å². The Kier molecular flexibility index (Phi) is 14.9. The average molecular weight is 514 g/mol. The number of hydrogen-bond acceptors (Lipinski definition) is 6. The topological polar surface area (TPSA) is 74.3 Å². The lowest BCUT2D eigenvalue weighted by Gasteiger charge is -2.22. The van der Waals surface area contributed by atoms with Gasteiger partial charge in [-0.05, 0) is 43.5 Å². The predicted molar refractivity (Wildman–Crippen MR) is 145 cm³/mol. The van der Waals surface area contributed by atoms with E-state index >= 15 is 0 Å². The van der Waals surface area contributed by atoms with Crippen LogP contribution in [0.15, 0.2) is 54.6 Å². The first kappa shape index (κ1) is 30.2. The molecule has 0 aliphatic rings. The van der Waals surface area contributed by atoms with Crippen molar-refractivity contribution in [2.75, 3.05) is 32.9 Å². The fraction of sp³-hybridized carbons (Fsp3) is 0.533. The molecule has 0 unspecified atom stereocenters. The van der Waals surface area contributed by atoms with Gasteiger partial charge >= 0.3 is 12.1 Å². The molecule has 0 fully saturated rings. The zero-order valence-electron chi connectivity index (χ0n) is 22.7. The third-order valence-corrected chi connectivity index (χ3v) is 5.89. The Bertz CT molecular complexity index is 887. The molecule has 0 bridgehead atoms. The molecule has 0 heterocycles. The van der Waals surface area contributed by atoms with Crippen molar-refractivity contribution in [1.82, 2.24) is 4.90 Å². The van der Waals surface area contributed by atoms with Gasteiger partial charge in [0.2, 0.25) is 0 Å². The highest BCUT2D eigenvalue weighted by Gasteiger charge is 2.20. The summed E-state index contributed by atoms with van der Waals surface area (Å²) in [5.41, 5.74) is 1.92. The first-order chi connectivity index (χ1) is 18.1. The highest BCUT2D eigenvalue weighted by Crippen LogP contribution is 2.16. The summed E-state index contributed by atoms with van der Waals surface area (Å²) in [6, 6.07) is 17.3. The quantitative estimate of drug-likeness (QED) is 0.175. The van der Waals surface area contributed by atoms with Crippen molar-refractivity contribution >= 4 is 12.1 Å². The van der Waals surface area contributed by atoms with Crippen molar-refractivity contribution in [2.45, 2.75) is 72.0 Å². The van der Waals surface area contributed by atoms with Crippen LogP contribution in [0.1, 0.15) is 64.0 Å². The lowest BCUT2D eigenvalue weighted by Crippen LogP contribution is -2.36. The summed E-state index contributed by atoms with van der Waals surface area (Å²) in [7, 11) is 0. The molecule has 7 nitrogen and oxygen atoms in total. The van der Waals surface area contributed by atoms with Gasteiger partial charge in [-0.15, -0.1) is 0 Å². The van der Waals surface area contributed by atoms with Crippen LogP contribution in [0.2, 0.25) is 0 Å². The fourth-order valence-corrected chi connectivity index (χ4v) is 3.87. The van der Waals surface area contributed by atoms with Crippen molar-refractivity contribution in [3.05, 3.63) is 65.7 Å². The zero-order valence-corrected chi connectivity index (χ0v) is 22.7. The zero-order chi connectivity index (χ0) is 26.7. The molecule has 0 aliphatic carbocycles. The van der Waals surface area contributed by atoms with Crippen LogP contribution in [0.25, 0.3) is 0 Å². The van der Waals surface area contributed by atoms with Crippen LogP contribution in [-0.4, -0.2) is 56.0 Å². The standard InChI is InChI=1S/C30H43NO6/c1-4-7-8-9-13-20-31(30(33)37-24-26-14-11-10-12-15-26)21-22-36-27-18-16-25(17-19-27)23-28(34-5-2)29(32)35-6-3/h10-12,14-19,28H,4-9,13,20-24H2,1-3H3/t28-/m1/s1. The van der Waals surface area contributed by atoms with E-state index in [0.29, 0.717) is 45.1 Å². The summed E-state index contributed by atoms with van der Waals surface area (Å²) < 4.78 is 22.1. The molecule has 0 N–H and O–H groups in total. The number of rotatable bonds is 18. The molecule has 1 atom stereocenters. The molecule has 1 amide bonds. The van der Waals surface area contributed by atoms with E-state index in [1.54, 1.807) is 11.8 Å². The maximum absolute atomic E-state index is 12.8. The Hall–Kier alpha value is -3.06. The molecule has 37 heavy (non-hydrogen) atoms. The van der Waals surface area contributed by atoms with Gasteiger partial charge < -0.3 is 23.8 Å². The molecule has 7 heteroatoms. The monoisotopic (exact) mass is 513 g/mol. The van der Waals surface area contributed by atoms with Crippen molar-refractivity contribution in [3.8, 4) is 5.75 Å². The van der Waals surface area contributed by atoms with Gasteiger partial charge in [0.1, 0.15) is 19.0 Å². The number of unbranched alkanes of at least 4 members (excludes halogenated alkanes) is 4. The van der Waals surface area contributed by atoms with Crippen molar-refractivity contribution in [2.24, 2.45) is 0 Å². The van der Waals surface area contributed by atoms with E-state index in [1.165, 1.54) is 19.3 Å². The van der Waals surface area contributed by atoms with Crippen molar-refractivity contribution in [3.63, 3.8) is 0 Å². The van der Waals surface area contributed by atoms with E-state index in [9.17, 15) is 9.59 Å². The molecule has 0 aromatic heterocycles. The second kappa shape index (κ2) is 18.2. The molecule has 0 aliphatic heterocycles. The van der Waals surface area contributed by atoms with Crippen LogP contribution in [0.3, 0.4) is 0 Å².